The van der Waals surface area contributed by atoms with Gasteiger partial charge in [-0.2, -0.15) is 4.39 Å². The predicted molar refractivity (Wildman–Crippen MR) is 78.1 cm³/mol. The molecule has 20 heavy (non-hydrogen) atoms. The average Bonchev–Trinajstić information content (AvgIpc) is 2.42. The van der Waals surface area contributed by atoms with Gasteiger partial charge in [-0.15, -0.1) is 0 Å². The highest BCUT2D eigenvalue weighted by atomic mass is 19.1. The van der Waals surface area contributed by atoms with Crippen molar-refractivity contribution in [2.24, 2.45) is 5.92 Å². The third-order valence-corrected chi connectivity index (χ3v) is 3.51. The van der Waals surface area contributed by atoms with Gasteiger partial charge in [0.15, 0.2) is 0 Å². The van der Waals surface area contributed by atoms with Gasteiger partial charge in [0.25, 0.3) is 0 Å². The van der Waals surface area contributed by atoms with E-state index in [1.165, 1.54) is 31.4 Å². The Morgan fingerprint density at radius 3 is 2.70 bits per heavy atom. The third kappa shape index (κ3) is 5.25. The minimum Gasteiger partial charge on any atom is -0.312 e. The summed E-state index contributed by atoms with van der Waals surface area (Å²) in [7, 11) is 0. The standard InChI is InChI=1S/C15H23FN2O2/c1-3-5-6-12(4-2)10-17-11-13-7-8-15(18(19)20)14(16)9-13/h7-9,12,17H,3-6,10-11H2,1-2H3. The number of nitro benzene ring substituents is 1. The lowest BCUT2D eigenvalue weighted by Gasteiger charge is -2.15. The second-order valence-electron chi connectivity index (χ2n) is 5.09. The molecule has 0 aliphatic carbocycles. The normalized spacial score (nSPS) is 12.3. The topological polar surface area (TPSA) is 55.2 Å². The van der Waals surface area contributed by atoms with Crippen LogP contribution in [0.5, 0.6) is 0 Å². The van der Waals surface area contributed by atoms with E-state index in [2.05, 4.69) is 19.2 Å². The molecule has 0 saturated carbocycles. The molecule has 4 nitrogen and oxygen atoms in total. The first kappa shape index (κ1) is 16.6. The zero-order valence-corrected chi connectivity index (χ0v) is 12.2. The second-order valence-corrected chi connectivity index (χ2v) is 5.09. The van der Waals surface area contributed by atoms with E-state index in [1.54, 1.807) is 6.07 Å². The van der Waals surface area contributed by atoms with Gasteiger partial charge < -0.3 is 5.32 Å². The Bertz CT molecular complexity index is 438. The first-order chi connectivity index (χ1) is 9.58. The van der Waals surface area contributed by atoms with Crippen molar-refractivity contribution in [3.8, 4) is 0 Å². The first-order valence-corrected chi connectivity index (χ1v) is 7.22. The van der Waals surface area contributed by atoms with E-state index >= 15 is 0 Å². The number of unbranched alkanes of at least 4 members (excludes halogenated alkanes) is 1. The van der Waals surface area contributed by atoms with Gasteiger partial charge in [0.05, 0.1) is 4.92 Å². The molecule has 112 valence electrons. The van der Waals surface area contributed by atoms with E-state index in [0.29, 0.717) is 12.5 Å². The van der Waals surface area contributed by atoms with Crippen LogP contribution in [0.3, 0.4) is 0 Å². The molecule has 1 atom stereocenters. The van der Waals surface area contributed by atoms with Gasteiger partial charge in [0.2, 0.25) is 5.82 Å². The smallest absolute Gasteiger partial charge is 0.304 e. The van der Waals surface area contributed by atoms with E-state index in [4.69, 9.17) is 0 Å². The van der Waals surface area contributed by atoms with Crippen LogP contribution in [-0.4, -0.2) is 11.5 Å². The Kier molecular flexibility index (Phi) is 7.15. The van der Waals surface area contributed by atoms with Crippen LogP contribution < -0.4 is 5.32 Å². The van der Waals surface area contributed by atoms with Gasteiger partial charge in [-0.1, -0.05) is 39.2 Å². The molecule has 0 heterocycles. The van der Waals surface area contributed by atoms with Crippen molar-refractivity contribution >= 4 is 5.69 Å². The van der Waals surface area contributed by atoms with Crippen molar-refractivity contribution in [2.75, 3.05) is 6.54 Å². The molecular weight excluding hydrogens is 259 g/mol. The van der Waals surface area contributed by atoms with Gasteiger partial charge >= 0.3 is 5.69 Å². The van der Waals surface area contributed by atoms with Crippen molar-refractivity contribution in [3.63, 3.8) is 0 Å². The summed E-state index contributed by atoms with van der Waals surface area (Å²) >= 11 is 0. The molecule has 0 fully saturated rings. The minimum absolute atomic E-state index is 0.469. The number of benzene rings is 1. The fourth-order valence-electron chi connectivity index (χ4n) is 2.17. The predicted octanol–water partition coefficient (Wildman–Crippen LogP) is 4.04. The highest BCUT2D eigenvalue weighted by molar-refractivity contribution is 5.34. The maximum absolute atomic E-state index is 13.5. The lowest BCUT2D eigenvalue weighted by molar-refractivity contribution is -0.387. The van der Waals surface area contributed by atoms with Crippen LogP contribution in [0, 0.1) is 21.8 Å². The van der Waals surface area contributed by atoms with Gasteiger partial charge in [0.1, 0.15) is 0 Å². The SMILES string of the molecule is CCCCC(CC)CNCc1ccc([N+](=O)[O-])c(F)c1. The van der Waals surface area contributed by atoms with Crippen LogP contribution in [0.25, 0.3) is 0 Å². The third-order valence-electron chi connectivity index (χ3n) is 3.51. The Morgan fingerprint density at radius 1 is 1.40 bits per heavy atom. The van der Waals surface area contributed by atoms with Gasteiger partial charge in [-0.3, -0.25) is 10.1 Å². The summed E-state index contributed by atoms with van der Waals surface area (Å²) in [6.07, 6.45) is 4.76. The molecule has 5 heteroatoms. The number of rotatable bonds is 9. The van der Waals surface area contributed by atoms with Crippen molar-refractivity contribution in [1.82, 2.24) is 5.32 Å². The molecule has 1 aromatic rings. The molecule has 0 aliphatic rings. The molecule has 1 N–H and O–H groups in total. The van der Waals surface area contributed by atoms with Crippen LogP contribution in [0.4, 0.5) is 10.1 Å². The number of hydrogen-bond acceptors (Lipinski definition) is 3. The molecule has 0 aliphatic heterocycles. The lowest BCUT2D eigenvalue weighted by Crippen LogP contribution is -2.22. The second kappa shape index (κ2) is 8.64. The fourth-order valence-corrected chi connectivity index (χ4v) is 2.17. The Balaban J connectivity index is 2.45. The van der Waals surface area contributed by atoms with Crippen LogP contribution in [0.2, 0.25) is 0 Å². The molecular formula is C15H23FN2O2. The minimum atomic E-state index is -0.771. The Hall–Kier alpha value is -1.49. The van der Waals surface area contributed by atoms with Gasteiger partial charge in [0, 0.05) is 12.6 Å². The highest BCUT2D eigenvalue weighted by Gasteiger charge is 2.13. The summed E-state index contributed by atoms with van der Waals surface area (Å²) in [6.45, 7) is 5.79. The van der Waals surface area contributed by atoms with Crippen molar-refractivity contribution in [2.45, 2.75) is 46.1 Å². The summed E-state index contributed by atoms with van der Waals surface area (Å²) in [5.41, 5.74) is 0.265. The number of nitrogens with one attached hydrogen (secondary N) is 1. The van der Waals surface area contributed by atoms with Crippen LogP contribution in [0.1, 0.15) is 45.1 Å². The molecule has 0 bridgehead atoms. The number of hydrogen-bond donors (Lipinski definition) is 1. The van der Waals surface area contributed by atoms with E-state index in [1.807, 2.05) is 0 Å². The molecule has 0 radical (unpaired) electrons. The summed E-state index contributed by atoms with van der Waals surface area (Å²) in [5, 5.41) is 13.8. The summed E-state index contributed by atoms with van der Waals surface area (Å²) in [5.74, 6) is -0.134. The monoisotopic (exact) mass is 282 g/mol. The molecule has 1 aromatic carbocycles. The van der Waals surface area contributed by atoms with Crippen molar-refractivity contribution in [1.29, 1.82) is 0 Å². The number of halogens is 1. The van der Waals surface area contributed by atoms with E-state index in [9.17, 15) is 14.5 Å². The summed E-state index contributed by atoms with van der Waals surface area (Å²) in [6, 6.07) is 4.06. The first-order valence-electron chi connectivity index (χ1n) is 7.22. The van der Waals surface area contributed by atoms with E-state index < -0.39 is 16.4 Å². The van der Waals surface area contributed by atoms with E-state index in [0.717, 1.165) is 18.5 Å². The van der Waals surface area contributed by atoms with Crippen LogP contribution in [-0.2, 0) is 6.54 Å². The molecule has 0 aromatic heterocycles. The quantitative estimate of drug-likeness (QED) is 0.549. The van der Waals surface area contributed by atoms with Crippen molar-refractivity contribution < 1.29 is 9.31 Å². The number of nitrogens with zero attached hydrogens (tertiary/aromatic N) is 1. The Morgan fingerprint density at radius 2 is 2.15 bits per heavy atom. The van der Waals surface area contributed by atoms with Crippen LogP contribution >= 0.6 is 0 Å². The zero-order chi connectivity index (χ0) is 15.0. The molecule has 0 spiro atoms. The molecule has 0 amide bonds. The van der Waals surface area contributed by atoms with Gasteiger partial charge in [-0.25, -0.2) is 0 Å². The van der Waals surface area contributed by atoms with Crippen molar-refractivity contribution in [3.05, 3.63) is 39.7 Å². The number of nitro groups is 1. The summed E-state index contributed by atoms with van der Waals surface area (Å²) in [4.78, 5) is 9.82. The molecule has 0 saturated heterocycles. The largest absolute Gasteiger partial charge is 0.312 e. The van der Waals surface area contributed by atoms with Crippen LogP contribution in [0.15, 0.2) is 18.2 Å². The average molecular weight is 282 g/mol. The Labute approximate surface area is 119 Å². The highest BCUT2D eigenvalue weighted by Crippen LogP contribution is 2.18. The fraction of sp³-hybridized carbons (Fsp3) is 0.600. The molecule has 1 unspecified atom stereocenters. The molecule has 1 rings (SSSR count). The lowest BCUT2D eigenvalue weighted by atomic mass is 9.99. The van der Waals surface area contributed by atoms with E-state index in [-0.39, 0.29) is 0 Å². The summed E-state index contributed by atoms with van der Waals surface area (Å²) < 4.78 is 13.5. The van der Waals surface area contributed by atoms with Gasteiger partial charge in [-0.05, 0) is 30.5 Å². The zero-order valence-electron chi connectivity index (χ0n) is 12.2. The maximum atomic E-state index is 13.5. The maximum Gasteiger partial charge on any atom is 0.304 e.